The van der Waals surface area contributed by atoms with Gasteiger partial charge in [0.05, 0.1) is 12.2 Å². The number of carbonyl (C=O) groups excluding carboxylic acids is 3. The highest BCUT2D eigenvalue weighted by Gasteiger charge is 2.32. The van der Waals surface area contributed by atoms with Gasteiger partial charge in [0.2, 0.25) is 0 Å². The Balaban J connectivity index is 2.07. The second kappa shape index (κ2) is 8.20. The molecule has 0 saturated carbocycles. The van der Waals surface area contributed by atoms with Crippen LogP contribution in [-0.4, -0.2) is 47.2 Å². The molecule has 27 heavy (non-hydrogen) atoms. The third kappa shape index (κ3) is 3.79. The highest BCUT2D eigenvalue weighted by atomic mass is 16.5. The molecule has 1 aliphatic rings. The van der Waals surface area contributed by atoms with Gasteiger partial charge in [-0.1, -0.05) is 30.3 Å². The zero-order chi connectivity index (χ0) is 19.4. The number of carbonyl (C=O) groups is 3. The van der Waals surface area contributed by atoms with Crippen LogP contribution in [0.4, 0.5) is 0 Å². The standard InChI is InChI=1S/C21H24N2O4/c1-3-27-21(26)16-14(2)22-18(17(16)15-10-6-4-7-11-15)19(24)20(25)23-12-8-5-9-13-23/h4,6-7,10-11,22H,3,5,8-9,12-13H2,1-2H3. The van der Waals surface area contributed by atoms with Crippen LogP contribution < -0.4 is 0 Å². The predicted octanol–water partition coefficient (Wildman–Crippen LogP) is 3.36. The van der Waals surface area contributed by atoms with Crippen LogP contribution in [0.5, 0.6) is 0 Å². The number of hydrogen-bond donors (Lipinski definition) is 1. The molecule has 1 fully saturated rings. The average molecular weight is 368 g/mol. The monoisotopic (exact) mass is 368 g/mol. The fourth-order valence-electron chi connectivity index (χ4n) is 3.49. The Morgan fingerprint density at radius 1 is 1.07 bits per heavy atom. The van der Waals surface area contributed by atoms with Crippen LogP contribution in [0.25, 0.3) is 11.1 Å². The number of nitrogens with zero attached hydrogens (tertiary/aromatic N) is 1. The van der Waals surface area contributed by atoms with Gasteiger partial charge >= 0.3 is 5.97 Å². The van der Waals surface area contributed by atoms with Crippen LogP contribution in [-0.2, 0) is 9.53 Å². The number of hydrogen-bond acceptors (Lipinski definition) is 4. The fraction of sp³-hybridized carbons (Fsp3) is 0.381. The topological polar surface area (TPSA) is 79.5 Å². The Morgan fingerprint density at radius 2 is 1.74 bits per heavy atom. The van der Waals surface area contributed by atoms with E-state index in [4.69, 9.17) is 4.74 Å². The lowest BCUT2D eigenvalue weighted by Crippen LogP contribution is -2.40. The van der Waals surface area contributed by atoms with E-state index in [-0.39, 0.29) is 12.3 Å². The number of aromatic nitrogens is 1. The number of esters is 1. The maximum absolute atomic E-state index is 13.0. The van der Waals surface area contributed by atoms with Gasteiger partial charge in [0.25, 0.3) is 11.7 Å². The lowest BCUT2D eigenvalue weighted by Gasteiger charge is -2.25. The van der Waals surface area contributed by atoms with Crippen molar-refractivity contribution in [3.63, 3.8) is 0 Å². The summed E-state index contributed by atoms with van der Waals surface area (Å²) in [5, 5.41) is 0. The van der Waals surface area contributed by atoms with Crippen molar-refractivity contribution in [2.24, 2.45) is 0 Å². The van der Waals surface area contributed by atoms with Gasteiger partial charge in [0.15, 0.2) is 0 Å². The van der Waals surface area contributed by atoms with E-state index in [1.54, 1.807) is 18.7 Å². The molecule has 3 rings (SSSR count). The lowest BCUT2D eigenvalue weighted by atomic mass is 9.98. The summed E-state index contributed by atoms with van der Waals surface area (Å²) in [7, 11) is 0. The SMILES string of the molecule is CCOC(=O)c1c(C)[nH]c(C(=O)C(=O)N2CCCCC2)c1-c1ccccc1. The van der Waals surface area contributed by atoms with E-state index in [1.807, 2.05) is 30.3 Å². The Kier molecular flexibility index (Phi) is 5.74. The number of aryl methyl sites for hydroxylation is 1. The lowest BCUT2D eigenvalue weighted by molar-refractivity contribution is -0.127. The number of piperidine rings is 1. The van der Waals surface area contributed by atoms with Gasteiger partial charge in [0.1, 0.15) is 5.69 Å². The van der Waals surface area contributed by atoms with Crippen LogP contribution in [0.3, 0.4) is 0 Å². The third-order valence-electron chi connectivity index (χ3n) is 4.79. The van der Waals surface area contributed by atoms with Crippen LogP contribution in [0, 0.1) is 6.92 Å². The van der Waals surface area contributed by atoms with Crippen LogP contribution >= 0.6 is 0 Å². The summed E-state index contributed by atoms with van der Waals surface area (Å²) in [6.45, 7) is 4.86. The molecule has 6 nitrogen and oxygen atoms in total. The highest BCUT2D eigenvalue weighted by Crippen LogP contribution is 2.31. The average Bonchev–Trinajstić information content (AvgIpc) is 3.05. The number of nitrogens with one attached hydrogen (secondary N) is 1. The Morgan fingerprint density at radius 3 is 2.37 bits per heavy atom. The maximum Gasteiger partial charge on any atom is 0.340 e. The number of ketones is 1. The molecule has 0 spiro atoms. The molecule has 1 N–H and O–H groups in total. The molecule has 6 heteroatoms. The number of likely N-dealkylation sites (tertiary alicyclic amines) is 1. The zero-order valence-electron chi connectivity index (χ0n) is 15.7. The summed E-state index contributed by atoms with van der Waals surface area (Å²) in [6, 6.07) is 9.13. The van der Waals surface area contributed by atoms with Crippen molar-refractivity contribution >= 4 is 17.7 Å². The predicted molar refractivity (Wildman–Crippen MR) is 102 cm³/mol. The number of aromatic amines is 1. The second-order valence-corrected chi connectivity index (χ2v) is 6.64. The van der Waals surface area contributed by atoms with Crippen LogP contribution in [0.1, 0.15) is 52.7 Å². The fourth-order valence-corrected chi connectivity index (χ4v) is 3.49. The molecule has 1 aromatic carbocycles. The summed E-state index contributed by atoms with van der Waals surface area (Å²) in [6.07, 6.45) is 2.88. The highest BCUT2D eigenvalue weighted by molar-refractivity contribution is 6.43. The van der Waals surface area contributed by atoms with Crippen molar-refractivity contribution in [2.45, 2.75) is 33.1 Å². The number of Topliss-reactive ketones (excluding diaryl/α,β-unsaturated/α-hetero) is 1. The van der Waals surface area contributed by atoms with Gasteiger partial charge in [-0.3, -0.25) is 9.59 Å². The Hall–Kier alpha value is -2.89. The number of H-pyrrole nitrogens is 1. The molecular weight excluding hydrogens is 344 g/mol. The smallest absolute Gasteiger partial charge is 0.340 e. The van der Waals surface area contributed by atoms with Crippen LogP contribution in [0.15, 0.2) is 30.3 Å². The first-order chi connectivity index (χ1) is 13.0. The normalized spacial score (nSPS) is 14.1. The first-order valence-corrected chi connectivity index (χ1v) is 9.33. The van der Waals surface area contributed by atoms with E-state index in [0.29, 0.717) is 35.5 Å². The Labute approximate surface area is 158 Å². The van der Waals surface area contributed by atoms with Crippen molar-refractivity contribution in [1.82, 2.24) is 9.88 Å². The molecule has 1 aliphatic heterocycles. The van der Waals surface area contributed by atoms with E-state index < -0.39 is 17.7 Å². The van der Waals surface area contributed by atoms with Crippen molar-refractivity contribution in [3.05, 3.63) is 47.3 Å². The molecule has 1 amide bonds. The summed E-state index contributed by atoms with van der Waals surface area (Å²) in [5.74, 6) is -1.65. The molecule has 0 aliphatic carbocycles. The Bertz CT molecular complexity index is 849. The third-order valence-corrected chi connectivity index (χ3v) is 4.79. The van der Waals surface area contributed by atoms with Gasteiger partial charge in [-0.15, -0.1) is 0 Å². The molecule has 1 aromatic heterocycles. The van der Waals surface area contributed by atoms with E-state index in [0.717, 1.165) is 19.3 Å². The molecule has 0 unspecified atom stereocenters. The maximum atomic E-state index is 13.0. The van der Waals surface area contributed by atoms with Crippen molar-refractivity contribution < 1.29 is 19.1 Å². The van der Waals surface area contributed by atoms with E-state index in [9.17, 15) is 14.4 Å². The summed E-state index contributed by atoms with van der Waals surface area (Å²) in [4.78, 5) is 42.8. The quantitative estimate of drug-likeness (QED) is 0.499. The molecule has 2 aromatic rings. The molecule has 0 radical (unpaired) electrons. The first kappa shape index (κ1) is 18.9. The minimum atomic E-state index is -0.616. The largest absolute Gasteiger partial charge is 0.462 e. The molecule has 0 atom stereocenters. The number of amides is 1. The van der Waals surface area contributed by atoms with Gasteiger partial charge in [-0.05, 0) is 38.7 Å². The molecule has 2 heterocycles. The minimum absolute atomic E-state index is 0.150. The minimum Gasteiger partial charge on any atom is -0.462 e. The number of benzene rings is 1. The van der Waals surface area contributed by atoms with Crippen molar-refractivity contribution in [1.29, 1.82) is 0 Å². The number of rotatable bonds is 5. The first-order valence-electron chi connectivity index (χ1n) is 9.33. The number of ether oxygens (including phenoxy) is 1. The van der Waals surface area contributed by atoms with Crippen molar-refractivity contribution in [3.8, 4) is 11.1 Å². The van der Waals surface area contributed by atoms with Crippen molar-refractivity contribution in [2.75, 3.05) is 19.7 Å². The summed E-state index contributed by atoms with van der Waals surface area (Å²) < 4.78 is 5.18. The zero-order valence-corrected chi connectivity index (χ0v) is 15.7. The molecule has 142 valence electrons. The van der Waals surface area contributed by atoms with Gasteiger partial charge in [0, 0.05) is 24.3 Å². The molecule has 1 saturated heterocycles. The van der Waals surface area contributed by atoms with Gasteiger partial charge < -0.3 is 14.6 Å². The van der Waals surface area contributed by atoms with Gasteiger partial charge in [-0.2, -0.15) is 0 Å². The second-order valence-electron chi connectivity index (χ2n) is 6.64. The summed E-state index contributed by atoms with van der Waals surface area (Å²) in [5.41, 5.74) is 2.10. The molecule has 0 bridgehead atoms. The molecular formula is C21H24N2O4. The van der Waals surface area contributed by atoms with E-state index in [1.165, 1.54) is 0 Å². The van der Waals surface area contributed by atoms with E-state index >= 15 is 0 Å². The van der Waals surface area contributed by atoms with Crippen LogP contribution in [0.2, 0.25) is 0 Å². The van der Waals surface area contributed by atoms with E-state index in [2.05, 4.69) is 4.98 Å². The van der Waals surface area contributed by atoms with Gasteiger partial charge in [-0.25, -0.2) is 4.79 Å². The summed E-state index contributed by atoms with van der Waals surface area (Å²) >= 11 is 0.